The minimum absolute atomic E-state index is 0.186. The van der Waals surface area contributed by atoms with Crippen molar-refractivity contribution in [1.82, 2.24) is 20.2 Å². The molecule has 180 valence electrons. The highest BCUT2D eigenvalue weighted by Gasteiger charge is 2.26. The minimum atomic E-state index is -0.313. The number of thioether (sulfide) groups is 1. The molecule has 5 N–H and O–H groups in total. The summed E-state index contributed by atoms with van der Waals surface area (Å²) in [5.41, 5.74) is 8.21. The first kappa shape index (κ1) is 24.3. The number of aromatic nitrogens is 2. The number of carbonyl (C=O) groups is 1. The van der Waals surface area contributed by atoms with Gasteiger partial charge in [-0.1, -0.05) is 24.3 Å². The second kappa shape index (κ2) is 11.5. The van der Waals surface area contributed by atoms with Gasteiger partial charge in [-0.05, 0) is 61.9 Å². The molecule has 0 saturated carbocycles. The maximum Gasteiger partial charge on any atom is 0.226 e. The molecule has 8 nitrogen and oxygen atoms in total. The fraction of sp³-hybridized carbons (Fsp3) is 0.400. The monoisotopic (exact) mass is 480 g/mol. The number of amides is 1. The molecule has 0 aliphatic carbocycles. The van der Waals surface area contributed by atoms with Gasteiger partial charge in [-0.2, -0.15) is 0 Å². The van der Waals surface area contributed by atoms with Crippen LogP contribution in [0.5, 0.6) is 0 Å². The molecule has 0 bridgehead atoms. The van der Waals surface area contributed by atoms with E-state index in [4.69, 9.17) is 20.9 Å². The lowest BCUT2D eigenvalue weighted by molar-refractivity contribution is -0.119. The Hall–Kier alpha value is -2.88. The molecule has 34 heavy (non-hydrogen) atoms. The lowest BCUT2D eigenvalue weighted by Crippen LogP contribution is -2.35. The van der Waals surface area contributed by atoms with E-state index in [1.807, 2.05) is 30.3 Å². The number of imidazole rings is 1. The van der Waals surface area contributed by atoms with Gasteiger partial charge in [0.1, 0.15) is 11.9 Å². The van der Waals surface area contributed by atoms with Gasteiger partial charge in [0.2, 0.25) is 5.91 Å². The maximum atomic E-state index is 11.7. The Morgan fingerprint density at radius 1 is 1.29 bits per heavy atom. The Morgan fingerprint density at radius 2 is 2.09 bits per heavy atom. The van der Waals surface area contributed by atoms with Gasteiger partial charge in [-0.15, -0.1) is 11.8 Å². The second-order valence-corrected chi connectivity index (χ2v) is 9.81. The van der Waals surface area contributed by atoms with Crippen LogP contribution in [0.3, 0.4) is 0 Å². The lowest BCUT2D eigenvalue weighted by Gasteiger charge is -2.31. The Morgan fingerprint density at radius 3 is 2.85 bits per heavy atom. The number of benzene rings is 2. The highest BCUT2D eigenvalue weighted by Crippen LogP contribution is 2.32. The average Bonchev–Trinajstić information content (AvgIpc) is 3.25. The first-order valence-electron chi connectivity index (χ1n) is 11.6. The number of likely N-dealkylation sites (tertiary alicyclic amines) is 1. The van der Waals surface area contributed by atoms with E-state index in [0.717, 1.165) is 59.0 Å². The number of piperidine rings is 1. The highest BCUT2D eigenvalue weighted by atomic mass is 32.2. The molecule has 4 rings (SSSR count). The number of hydrogen-bond donors (Lipinski definition) is 4. The summed E-state index contributed by atoms with van der Waals surface area (Å²) in [5, 5.41) is 9.45. The summed E-state index contributed by atoms with van der Waals surface area (Å²) >= 11 is 1.70. The number of para-hydroxylation sites is 2. The van der Waals surface area contributed by atoms with Gasteiger partial charge in [-0.3, -0.25) is 15.5 Å². The largest absolute Gasteiger partial charge is 0.370 e. The molecular weight excluding hydrogens is 448 g/mol. The number of aromatic amines is 1. The molecule has 1 saturated heterocycles. The third-order valence-corrected chi connectivity index (χ3v) is 6.98. The zero-order valence-corrected chi connectivity index (χ0v) is 20.2. The summed E-state index contributed by atoms with van der Waals surface area (Å²) in [7, 11) is 2.15. The van der Waals surface area contributed by atoms with Crippen LogP contribution in [0.1, 0.15) is 43.2 Å². The number of rotatable bonds is 9. The van der Waals surface area contributed by atoms with Crippen molar-refractivity contribution in [2.45, 2.75) is 42.8 Å². The summed E-state index contributed by atoms with van der Waals surface area (Å²) in [6, 6.07) is 16.4. The Labute approximate surface area is 204 Å². The number of guanidine groups is 1. The van der Waals surface area contributed by atoms with E-state index in [1.54, 1.807) is 11.8 Å². The summed E-state index contributed by atoms with van der Waals surface area (Å²) in [6.45, 7) is 2.06. The van der Waals surface area contributed by atoms with E-state index < -0.39 is 0 Å². The van der Waals surface area contributed by atoms with Crippen molar-refractivity contribution in [2.24, 2.45) is 5.73 Å². The van der Waals surface area contributed by atoms with Gasteiger partial charge >= 0.3 is 0 Å². The molecule has 2 heterocycles. The number of hydrogen-bond acceptors (Lipinski definition) is 6. The van der Waals surface area contributed by atoms with Gasteiger partial charge < -0.3 is 20.4 Å². The smallest absolute Gasteiger partial charge is 0.226 e. The summed E-state index contributed by atoms with van der Waals surface area (Å²) in [5.74, 6) is 1.08. The van der Waals surface area contributed by atoms with E-state index >= 15 is 0 Å². The number of nitrogens with two attached hydrogens (primary N) is 1. The van der Waals surface area contributed by atoms with Crippen LogP contribution in [0.2, 0.25) is 0 Å². The number of carbonyl (C=O) groups excluding carboxylic acids is 1. The summed E-state index contributed by atoms with van der Waals surface area (Å²) in [6.07, 6.45) is 2.96. The molecule has 1 atom stereocenters. The van der Waals surface area contributed by atoms with Gasteiger partial charge in [0.05, 0.1) is 17.1 Å². The molecule has 0 radical (unpaired) electrons. The van der Waals surface area contributed by atoms with E-state index in [9.17, 15) is 4.79 Å². The lowest BCUT2D eigenvalue weighted by atomic mass is 10.1. The van der Waals surface area contributed by atoms with E-state index in [0.29, 0.717) is 12.8 Å². The van der Waals surface area contributed by atoms with Gasteiger partial charge in [0.25, 0.3) is 0 Å². The van der Waals surface area contributed by atoms with Crippen molar-refractivity contribution in [2.75, 3.05) is 25.9 Å². The molecule has 2 aromatic carbocycles. The van der Waals surface area contributed by atoms with E-state index in [-0.39, 0.29) is 24.1 Å². The number of H-pyrrole nitrogens is 1. The van der Waals surface area contributed by atoms with Crippen LogP contribution in [0, 0.1) is 5.41 Å². The molecule has 3 aromatic rings. The molecule has 9 heteroatoms. The molecule has 1 aliphatic rings. The van der Waals surface area contributed by atoms with Crippen LogP contribution < -0.4 is 11.1 Å². The SMILES string of the molecule is CN1CCC(OC(c2cccc(SCCCC(=O)NC(=N)N)c2)c2nc3ccccc3[nH]2)CC1. The first-order valence-corrected chi connectivity index (χ1v) is 12.6. The standard InChI is InChI=1S/C25H32N6O2S/c1-31-13-11-18(12-14-31)33-23(24-28-20-8-2-3-9-21(20)29-24)17-6-4-7-19(16-17)34-15-5-10-22(32)30-25(26)27/h2-4,6-9,16,18,23H,5,10-15H2,1H3,(H,28,29)(H4,26,27,30,32). The Kier molecular flexibility index (Phi) is 8.21. The molecular formula is C25H32N6O2S. The van der Waals surface area contributed by atoms with Crippen molar-refractivity contribution in [3.05, 3.63) is 59.9 Å². The van der Waals surface area contributed by atoms with Crippen LogP contribution in [-0.2, 0) is 9.53 Å². The van der Waals surface area contributed by atoms with Crippen LogP contribution in [0.25, 0.3) is 11.0 Å². The normalized spacial score (nSPS) is 15.9. The van der Waals surface area contributed by atoms with Crippen molar-refractivity contribution in [3.8, 4) is 0 Å². The third kappa shape index (κ3) is 6.59. The zero-order valence-electron chi connectivity index (χ0n) is 19.4. The van der Waals surface area contributed by atoms with Crippen molar-refractivity contribution < 1.29 is 9.53 Å². The van der Waals surface area contributed by atoms with E-state index in [2.05, 4.69) is 40.4 Å². The average molecular weight is 481 g/mol. The van der Waals surface area contributed by atoms with Gasteiger partial charge in [0, 0.05) is 24.4 Å². The number of nitrogens with zero attached hydrogens (tertiary/aromatic N) is 2. The molecule has 1 amide bonds. The zero-order chi connectivity index (χ0) is 23.9. The number of fused-ring (bicyclic) bond motifs is 1. The van der Waals surface area contributed by atoms with Crippen LogP contribution in [0.4, 0.5) is 0 Å². The minimum Gasteiger partial charge on any atom is -0.370 e. The van der Waals surface area contributed by atoms with E-state index in [1.165, 1.54) is 0 Å². The van der Waals surface area contributed by atoms with Crippen molar-refractivity contribution in [3.63, 3.8) is 0 Å². The third-order valence-electron chi connectivity index (χ3n) is 5.90. The predicted octanol–water partition coefficient (Wildman–Crippen LogP) is 3.65. The summed E-state index contributed by atoms with van der Waals surface area (Å²) in [4.78, 5) is 23.5. The topological polar surface area (TPSA) is 120 Å². The Balaban J connectivity index is 1.48. The van der Waals surface area contributed by atoms with Crippen LogP contribution >= 0.6 is 11.8 Å². The first-order chi connectivity index (χ1) is 16.5. The van der Waals surface area contributed by atoms with Crippen molar-refractivity contribution in [1.29, 1.82) is 5.41 Å². The molecule has 0 spiro atoms. The maximum absolute atomic E-state index is 11.7. The van der Waals surface area contributed by atoms with Crippen molar-refractivity contribution >= 4 is 34.7 Å². The number of nitrogens with one attached hydrogen (secondary N) is 3. The number of ether oxygens (including phenoxy) is 1. The molecule has 1 fully saturated rings. The van der Waals surface area contributed by atoms with Crippen LogP contribution in [0.15, 0.2) is 53.4 Å². The fourth-order valence-corrected chi connectivity index (χ4v) is 5.03. The molecule has 1 aliphatic heterocycles. The fourth-order valence-electron chi connectivity index (χ4n) is 4.11. The van der Waals surface area contributed by atoms with Gasteiger partial charge in [-0.25, -0.2) is 4.98 Å². The van der Waals surface area contributed by atoms with Gasteiger partial charge in [0.15, 0.2) is 5.96 Å². The highest BCUT2D eigenvalue weighted by molar-refractivity contribution is 7.99. The second-order valence-electron chi connectivity index (χ2n) is 8.64. The molecule has 1 unspecified atom stereocenters. The Bertz CT molecular complexity index is 1090. The molecule has 1 aromatic heterocycles. The quantitative estimate of drug-likeness (QED) is 0.161. The summed E-state index contributed by atoms with van der Waals surface area (Å²) < 4.78 is 6.68. The van der Waals surface area contributed by atoms with Crippen LogP contribution in [-0.4, -0.2) is 58.7 Å². The predicted molar refractivity (Wildman–Crippen MR) is 136 cm³/mol.